The highest BCUT2D eigenvalue weighted by molar-refractivity contribution is 5.61. The molecule has 3 heterocycles. The molecule has 1 N–H and O–H groups in total. The Labute approximate surface area is 137 Å². The van der Waals surface area contributed by atoms with Gasteiger partial charge in [0.1, 0.15) is 5.69 Å². The molecule has 5 heteroatoms. The van der Waals surface area contributed by atoms with Gasteiger partial charge in [0.2, 0.25) is 0 Å². The Morgan fingerprint density at radius 2 is 2.04 bits per heavy atom. The van der Waals surface area contributed by atoms with Crippen LogP contribution in [-0.2, 0) is 6.54 Å². The van der Waals surface area contributed by atoms with Crippen molar-refractivity contribution in [1.82, 2.24) is 25.2 Å². The SMILES string of the molecule is CCCCCN1CC2NCc3c(-c4ccccc4)nnn3C2C1. The van der Waals surface area contributed by atoms with E-state index in [1.807, 2.05) is 6.07 Å². The largest absolute Gasteiger partial charge is 0.305 e. The van der Waals surface area contributed by atoms with Gasteiger partial charge in [-0.15, -0.1) is 5.10 Å². The fourth-order valence-corrected chi connectivity index (χ4v) is 3.87. The Bertz CT molecular complexity index is 651. The molecule has 1 fully saturated rings. The van der Waals surface area contributed by atoms with Crippen LogP contribution >= 0.6 is 0 Å². The van der Waals surface area contributed by atoms with Crippen LogP contribution in [0.15, 0.2) is 30.3 Å². The highest BCUT2D eigenvalue weighted by Gasteiger charge is 2.39. The minimum absolute atomic E-state index is 0.422. The summed E-state index contributed by atoms with van der Waals surface area (Å²) in [5, 5.41) is 12.7. The predicted octanol–water partition coefficient (Wildman–Crippen LogP) is 2.46. The van der Waals surface area contributed by atoms with Crippen molar-refractivity contribution in [1.29, 1.82) is 0 Å². The van der Waals surface area contributed by atoms with Gasteiger partial charge >= 0.3 is 0 Å². The first kappa shape index (κ1) is 14.8. The predicted molar refractivity (Wildman–Crippen MR) is 91.1 cm³/mol. The first-order chi connectivity index (χ1) is 11.4. The number of likely N-dealkylation sites (tertiary alicyclic amines) is 1. The molecule has 0 amide bonds. The van der Waals surface area contributed by atoms with Crippen molar-refractivity contribution in [2.75, 3.05) is 19.6 Å². The molecule has 0 aliphatic carbocycles. The third-order valence-corrected chi connectivity index (χ3v) is 5.13. The molecule has 5 nitrogen and oxygen atoms in total. The number of aromatic nitrogens is 3. The number of rotatable bonds is 5. The summed E-state index contributed by atoms with van der Waals surface area (Å²) in [7, 11) is 0. The van der Waals surface area contributed by atoms with Crippen molar-refractivity contribution in [3.05, 3.63) is 36.0 Å². The van der Waals surface area contributed by atoms with Crippen molar-refractivity contribution in [2.45, 2.75) is 44.8 Å². The van der Waals surface area contributed by atoms with E-state index in [2.05, 4.69) is 56.4 Å². The van der Waals surface area contributed by atoms with E-state index in [1.54, 1.807) is 0 Å². The van der Waals surface area contributed by atoms with Crippen LogP contribution in [-0.4, -0.2) is 45.6 Å². The molecule has 0 saturated carbocycles. The van der Waals surface area contributed by atoms with Gasteiger partial charge < -0.3 is 5.32 Å². The molecule has 2 aliphatic heterocycles. The normalized spacial score (nSPS) is 23.7. The fourth-order valence-electron chi connectivity index (χ4n) is 3.87. The van der Waals surface area contributed by atoms with Crippen LogP contribution in [0.5, 0.6) is 0 Å². The molecule has 1 saturated heterocycles. The molecular formula is C18H25N5. The van der Waals surface area contributed by atoms with E-state index < -0.39 is 0 Å². The topological polar surface area (TPSA) is 46.0 Å². The summed E-state index contributed by atoms with van der Waals surface area (Å²) in [5.74, 6) is 0. The monoisotopic (exact) mass is 311 g/mol. The lowest BCUT2D eigenvalue weighted by atomic mass is 10.1. The van der Waals surface area contributed by atoms with Gasteiger partial charge in [-0.3, -0.25) is 4.90 Å². The zero-order valence-electron chi connectivity index (χ0n) is 13.8. The van der Waals surface area contributed by atoms with Gasteiger partial charge in [-0.1, -0.05) is 55.3 Å². The zero-order valence-corrected chi connectivity index (χ0v) is 13.8. The quantitative estimate of drug-likeness (QED) is 0.862. The fraction of sp³-hybridized carbons (Fsp3) is 0.556. The highest BCUT2D eigenvalue weighted by Crippen LogP contribution is 2.31. The lowest BCUT2D eigenvalue weighted by Crippen LogP contribution is -2.42. The molecule has 2 aliphatic rings. The van der Waals surface area contributed by atoms with Crippen LogP contribution in [0.4, 0.5) is 0 Å². The van der Waals surface area contributed by atoms with E-state index in [1.165, 1.54) is 31.5 Å². The number of benzene rings is 1. The van der Waals surface area contributed by atoms with Gasteiger partial charge in [0.25, 0.3) is 0 Å². The minimum Gasteiger partial charge on any atom is -0.305 e. The van der Waals surface area contributed by atoms with Crippen molar-refractivity contribution < 1.29 is 0 Å². The lowest BCUT2D eigenvalue weighted by molar-refractivity contribution is 0.307. The average molecular weight is 311 g/mol. The third-order valence-electron chi connectivity index (χ3n) is 5.13. The van der Waals surface area contributed by atoms with Crippen LogP contribution in [0.25, 0.3) is 11.3 Å². The molecule has 1 aromatic heterocycles. The molecule has 0 spiro atoms. The Kier molecular flexibility index (Phi) is 4.14. The standard InChI is InChI=1S/C18H25N5/c1-2-3-7-10-22-12-15-17(13-22)23-16(11-19-15)18(20-21-23)14-8-5-4-6-9-14/h4-6,8-9,15,17,19H,2-3,7,10-13H2,1H3. The van der Waals surface area contributed by atoms with Crippen LogP contribution in [0.1, 0.15) is 37.9 Å². The molecule has 2 aromatic rings. The van der Waals surface area contributed by atoms with E-state index in [0.717, 1.165) is 30.9 Å². The van der Waals surface area contributed by atoms with E-state index >= 15 is 0 Å². The van der Waals surface area contributed by atoms with Crippen LogP contribution < -0.4 is 5.32 Å². The van der Waals surface area contributed by atoms with E-state index in [0.29, 0.717) is 12.1 Å². The smallest absolute Gasteiger partial charge is 0.117 e. The molecule has 2 atom stereocenters. The van der Waals surface area contributed by atoms with E-state index in [-0.39, 0.29) is 0 Å². The van der Waals surface area contributed by atoms with Crippen molar-refractivity contribution in [2.24, 2.45) is 0 Å². The Hall–Kier alpha value is -1.72. The van der Waals surface area contributed by atoms with Crippen LogP contribution in [0.3, 0.4) is 0 Å². The van der Waals surface area contributed by atoms with Gasteiger partial charge in [-0.25, -0.2) is 4.68 Å². The highest BCUT2D eigenvalue weighted by atomic mass is 15.5. The molecule has 4 rings (SSSR count). The molecule has 0 radical (unpaired) electrons. The first-order valence-electron chi connectivity index (χ1n) is 8.82. The molecule has 0 bridgehead atoms. The number of nitrogens with zero attached hydrogens (tertiary/aromatic N) is 4. The first-order valence-corrected chi connectivity index (χ1v) is 8.82. The van der Waals surface area contributed by atoms with Crippen LogP contribution in [0.2, 0.25) is 0 Å². The summed E-state index contributed by atoms with van der Waals surface area (Å²) >= 11 is 0. The Morgan fingerprint density at radius 3 is 2.87 bits per heavy atom. The molecule has 23 heavy (non-hydrogen) atoms. The summed E-state index contributed by atoms with van der Waals surface area (Å²) in [5.41, 5.74) is 3.42. The molecule has 1 aromatic carbocycles. The second-order valence-electron chi connectivity index (χ2n) is 6.72. The summed E-state index contributed by atoms with van der Waals surface area (Å²) in [4.78, 5) is 2.58. The third kappa shape index (κ3) is 2.79. The molecular weight excluding hydrogens is 286 g/mol. The van der Waals surface area contributed by atoms with E-state index in [4.69, 9.17) is 0 Å². The number of nitrogens with one attached hydrogen (secondary N) is 1. The maximum Gasteiger partial charge on any atom is 0.117 e. The lowest BCUT2D eigenvalue weighted by Gasteiger charge is -2.27. The van der Waals surface area contributed by atoms with Gasteiger partial charge in [0.15, 0.2) is 0 Å². The Balaban J connectivity index is 1.53. The maximum absolute atomic E-state index is 4.51. The van der Waals surface area contributed by atoms with Gasteiger partial charge in [-0.05, 0) is 13.0 Å². The zero-order chi connectivity index (χ0) is 15.6. The molecule has 122 valence electrons. The van der Waals surface area contributed by atoms with Crippen LogP contribution in [0, 0.1) is 0 Å². The second-order valence-corrected chi connectivity index (χ2v) is 6.72. The summed E-state index contributed by atoms with van der Waals surface area (Å²) < 4.78 is 2.18. The van der Waals surface area contributed by atoms with Crippen molar-refractivity contribution in [3.8, 4) is 11.3 Å². The Morgan fingerprint density at radius 1 is 1.17 bits per heavy atom. The maximum atomic E-state index is 4.51. The molecule has 2 unspecified atom stereocenters. The number of hydrogen-bond donors (Lipinski definition) is 1. The summed E-state index contributed by atoms with van der Waals surface area (Å²) in [6.45, 7) is 6.55. The van der Waals surface area contributed by atoms with E-state index in [9.17, 15) is 0 Å². The minimum atomic E-state index is 0.422. The number of hydrogen-bond acceptors (Lipinski definition) is 4. The number of unbranched alkanes of at least 4 members (excludes halogenated alkanes) is 2. The van der Waals surface area contributed by atoms with Crippen molar-refractivity contribution in [3.63, 3.8) is 0 Å². The second kappa shape index (κ2) is 6.42. The van der Waals surface area contributed by atoms with Gasteiger partial charge in [0, 0.05) is 31.2 Å². The van der Waals surface area contributed by atoms with Crippen molar-refractivity contribution >= 4 is 0 Å². The van der Waals surface area contributed by atoms with Gasteiger partial charge in [-0.2, -0.15) is 0 Å². The summed E-state index contributed by atoms with van der Waals surface area (Å²) in [6.07, 6.45) is 3.91. The number of fused-ring (bicyclic) bond motifs is 3. The summed E-state index contributed by atoms with van der Waals surface area (Å²) in [6, 6.07) is 11.3. The average Bonchev–Trinajstić information content (AvgIpc) is 3.19. The van der Waals surface area contributed by atoms with Gasteiger partial charge in [0.05, 0.1) is 11.7 Å².